The fraction of sp³-hybridized carbons (Fsp3) is 0.600. The summed E-state index contributed by atoms with van der Waals surface area (Å²) in [5.74, 6) is -0.556. The van der Waals surface area contributed by atoms with Crippen molar-refractivity contribution in [3.63, 3.8) is 0 Å². The van der Waals surface area contributed by atoms with Gasteiger partial charge in [0.1, 0.15) is 0 Å². The van der Waals surface area contributed by atoms with E-state index in [-0.39, 0.29) is 3.67 Å². The van der Waals surface area contributed by atoms with Crippen molar-refractivity contribution in [1.29, 1.82) is 0 Å². The van der Waals surface area contributed by atoms with Gasteiger partial charge in [0, 0.05) is 0 Å². The zero-order chi connectivity index (χ0) is 5.98. The fourth-order valence-corrected chi connectivity index (χ4v) is 4.44. The van der Waals surface area contributed by atoms with Gasteiger partial charge in [-0.2, -0.15) is 0 Å². The summed E-state index contributed by atoms with van der Waals surface area (Å²) < 4.78 is 2.35. The molecule has 0 radical (unpaired) electrons. The summed E-state index contributed by atoms with van der Waals surface area (Å²) in [6.45, 7) is 0. The molecule has 2 nitrogen and oxygen atoms in total. The van der Waals surface area contributed by atoms with Gasteiger partial charge in [-0.3, -0.25) is 0 Å². The van der Waals surface area contributed by atoms with Crippen molar-refractivity contribution in [2.45, 2.75) is 16.5 Å². The molecule has 1 rings (SSSR count). The molecular formula is C5H7InO2. The Morgan fingerprint density at radius 3 is 2.88 bits per heavy atom. The fourth-order valence-electron chi connectivity index (χ4n) is 0.838. The second-order valence-electron chi connectivity index (χ2n) is 1.95. The number of aliphatic carboxylic acids is 1. The van der Waals surface area contributed by atoms with Gasteiger partial charge in [0.15, 0.2) is 0 Å². The predicted molar refractivity (Wildman–Crippen MR) is 32.4 cm³/mol. The molecule has 0 aromatic carbocycles. The summed E-state index contributed by atoms with van der Waals surface area (Å²) in [6.07, 6.45) is 1.99. The van der Waals surface area contributed by atoms with Crippen LogP contribution >= 0.6 is 0 Å². The molecule has 0 aromatic heterocycles. The van der Waals surface area contributed by atoms with Crippen LogP contribution in [0.15, 0.2) is 0 Å². The van der Waals surface area contributed by atoms with Gasteiger partial charge in [0.2, 0.25) is 0 Å². The average Bonchev–Trinajstić information content (AvgIpc) is 2.12. The Morgan fingerprint density at radius 2 is 2.62 bits per heavy atom. The van der Waals surface area contributed by atoms with Crippen LogP contribution in [0.2, 0.25) is 3.67 Å². The summed E-state index contributed by atoms with van der Waals surface area (Å²) in [5.41, 5.74) is 0. The molecule has 3 heteroatoms. The normalized spacial score (nSPS) is 25.2. The van der Waals surface area contributed by atoms with Gasteiger partial charge in [-0.15, -0.1) is 0 Å². The van der Waals surface area contributed by atoms with Crippen LogP contribution in [0.4, 0.5) is 0 Å². The van der Waals surface area contributed by atoms with Crippen LogP contribution in [0.1, 0.15) is 12.8 Å². The molecule has 0 aromatic rings. The van der Waals surface area contributed by atoms with Crippen LogP contribution < -0.4 is 0 Å². The van der Waals surface area contributed by atoms with Crippen molar-refractivity contribution in [3.05, 3.63) is 0 Å². The Labute approximate surface area is 58.7 Å². The third-order valence-corrected chi connectivity index (χ3v) is 6.15. The minimum absolute atomic E-state index is 0.116. The summed E-state index contributed by atoms with van der Waals surface area (Å²) in [6, 6.07) is 0. The van der Waals surface area contributed by atoms with Crippen molar-refractivity contribution in [3.8, 4) is 0 Å². The van der Waals surface area contributed by atoms with E-state index in [2.05, 4.69) is 3.76 Å². The number of rotatable bonds is 1. The van der Waals surface area contributed by atoms with Crippen molar-refractivity contribution in [2.75, 3.05) is 0 Å². The second kappa shape index (κ2) is 2.67. The van der Waals surface area contributed by atoms with Gasteiger partial charge >= 0.3 is 58.6 Å². The maximum atomic E-state index is 10.2. The van der Waals surface area contributed by atoms with Gasteiger partial charge in [0.25, 0.3) is 0 Å². The molecule has 0 bridgehead atoms. The zero-order valence-electron chi connectivity index (χ0n) is 4.50. The molecule has 1 aliphatic heterocycles. The summed E-state index contributed by atoms with van der Waals surface area (Å²) in [7, 11) is 0. The first-order valence-corrected chi connectivity index (χ1v) is 6.51. The van der Waals surface area contributed by atoms with Crippen molar-refractivity contribution in [1.82, 2.24) is 0 Å². The summed E-state index contributed by atoms with van der Waals surface area (Å²) in [5, 5.41) is 8.44. The van der Waals surface area contributed by atoms with Crippen LogP contribution in [-0.4, -0.2) is 37.3 Å². The first-order chi connectivity index (χ1) is 3.80. The minimum atomic E-state index is -0.715. The monoisotopic (exact) mass is 214 g/mol. The average molecular weight is 214 g/mol. The third kappa shape index (κ3) is 1.34. The molecule has 1 unspecified atom stereocenters. The van der Waals surface area contributed by atoms with Gasteiger partial charge in [-0.05, 0) is 0 Å². The van der Waals surface area contributed by atoms with Crippen LogP contribution in [0.3, 0.4) is 0 Å². The molecule has 0 aliphatic carbocycles. The summed E-state index contributed by atoms with van der Waals surface area (Å²) >= 11 is -0.715. The number of carboxylic acids is 1. The first kappa shape index (κ1) is 6.33. The van der Waals surface area contributed by atoms with E-state index >= 15 is 0 Å². The predicted octanol–water partition coefficient (Wildman–Crippen LogP) is 0.160. The van der Waals surface area contributed by atoms with Crippen molar-refractivity contribution >= 4 is 32.2 Å². The van der Waals surface area contributed by atoms with Crippen molar-refractivity contribution in [2.24, 2.45) is 0 Å². The number of hydrogen-bond donors (Lipinski definition) is 1. The number of carbonyl (C=O) groups is 1. The molecule has 0 saturated carbocycles. The van der Waals surface area contributed by atoms with Gasteiger partial charge in [0.05, 0.1) is 0 Å². The van der Waals surface area contributed by atoms with Crippen LogP contribution in [0.25, 0.3) is 0 Å². The van der Waals surface area contributed by atoms with Crippen LogP contribution in [-0.2, 0) is 4.79 Å². The molecule has 8 heavy (non-hydrogen) atoms. The molecule has 42 valence electrons. The number of hydrogen-bond acceptors (Lipinski definition) is 1. The van der Waals surface area contributed by atoms with Gasteiger partial charge < -0.3 is 0 Å². The number of carboxylic acid groups (broad SMARTS) is 1. The van der Waals surface area contributed by atoms with E-state index < -0.39 is 28.4 Å². The van der Waals surface area contributed by atoms with E-state index in [1.54, 1.807) is 0 Å². The Balaban J connectivity index is 2.48. The van der Waals surface area contributed by atoms with Crippen LogP contribution in [0, 0.1) is 0 Å². The molecule has 1 heterocycles. The van der Waals surface area contributed by atoms with Gasteiger partial charge in [-0.1, -0.05) is 0 Å². The van der Waals surface area contributed by atoms with E-state index in [0.29, 0.717) is 0 Å². The SMILES string of the molecule is O=C(O)[CH]1CC[CH]=[In]1. The standard InChI is InChI=1S/C5H7O2.In/c1-2-3-4-5(6)7;/h1,4H,2-3H2,(H,6,7);. The Bertz CT molecular complexity index is 130. The Hall–Kier alpha value is 0.210. The van der Waals surface area contributed by atoms with E-state index in [1.165, 1.54) is 0 Å². The second-order valence-corrected chi connectivity index (χ2v) is 6.69. The molecule has 1 N–H and O–H groups in total. The molecule has 0 fully saturated rings. The molecular weight excluding hydrogens is 207 g/mol. The maximum absolute atomic E-state index is 10.2. The van der Waals surface area contributed by atoms with E-state index in [1.807, 2.05) is 0 Å². The van der Waals surface area contributed by atoms with Crippen molar-refractivity contribution < 1.29 is 9.90 Å². The third-order valence-electron chi connectivity index (χ3n) is 1.33. The summed E-state index contributed by atoms with van der Waals surface area (Å²) in [4.78, 5) is 10.2. The molecule has 0 saturated heterocycles. The quantitative estimate of drug-likeness (QED) is 0.674. The Kier molecular flexibility index (Phi) is 2.11. The molecule has 1 aliphatic rings. The van der Waals surface area contributed by atoms with Gasteiger partial charge in [-0.25, -0.2) is 0 Å². The van der Waals surface area contributed by atoms with E-state index in [4.69, 9.17) is 5.11 Å². The Morgan fingerprint density at radius 1 is 1.88 bits per heavy atom. The zero-order valence-corrected chi connectivity index (χ0v) is 7.80. The molecule has 0 spiro atoms. The van der Waals surface area contributed by atoms with Crippen LogP contribution in [0.5, 0.6) is 0 Å². The van der Waals surface area contributed by atoms with E-state index in [9.17, 15) is 4.79 Å². The first-order valence-electron chi connectivity index (χ1n) is 2.70. The van der Waals surface area contributed by atoms with E-state index in [0.717, 1.165) is 12.8 Å². The molecule has 0 amide bonds. The topological polar surface area (TPSA) is 37.3 Å². The molecule has 1 atom stereocenters.